The summed E-state index contributed by atoms with van der Waals surface area (Å²) in [5, 5.41) is 5.18. The van der Waals surface area contributed by atoms with Crippen LogP contribution in [0.3, 0.4) is 0 Å². The topological polar surface area (TPSA) is 257 Å². The second-order valence-electron chi connectivity index (χ2n) is 14.8. The number of rotatable bonds is 11. The summed E-state index contributed by atoms with van der Waals surface area (Å²) in [6.07, 6.45) is 0. The van der Waals surface area contributed by atoms with E-state index in [1.165, 1.54) is 39.9 Å². The fourth-order valence-electron chi connectivity index (χ4n) is 6.37. The molecule has 0 bridgehead atoms. The molecule has 0 radical (unpaired) electrons. The Morgan fingerprint density at radius 1 is 0.611 bits per heavy atom. The van der Waals surface area contributed by atoms with Crippen LogP contribution in [0.15, 0.2) is 111 Å². The zero-order valence-electron chi connectivity index (χ0n) is 39.5. The molecule has 7 rings (SSSR count). The molecule has 5 aromatic rings. The molecule has 2 atom stereocenters. The van der Waals surface area contributed by atoms with Gasteiger partial charge in [-0.3, -0.25) is 14.1 Å². The summed E-state index contributed by atoms with van der Waals surface area (Å²) in [5.41, 5.74) is 1.37. The number of amides is 2. The second kappa shape index (κ2) is 29.8. The number of ether oxygens (including phenoxy) is 3. The maximum absolute atomic E-state index is 13.0. The van der Waals surface area contributed by atoms with Gasteiger partial charge in [-0.15, -0.1) is 34.0 Å². The molecule has 2 aliphatic rings. The minimum absolute atomic E-state index is 0.0535. The van der Waals surface area contributed by atoms with Crippen molar-refractivity contribution in [2.75, 3.05) is 59.1 Å². The molecule has 394 valence electrons. The van der Waals surface area contributed by atoms with E-state index >= 15 is 0 Å². The van der Waals surface area contributed by atoms with Gasteiger partial charge in [0.1, 0.15) is 23.0 Å². The molecule has 0 aliphatic carbocycles. The molecular formula is C45H54Cl2N4O15S6. The summed E-state index contributed by atoms with van der Waals surface area (Å²) in [6, 6.07) is 27.6. The lowest BCUT2D eigenvalue weighted by atomic mass is 10.1. The van der Waals surface area contributed by atoms with E-state index in [2.05, 4.69) is 27.7 Å². The molecule has 2 aromatic carbocycles. The number of esters is 3. The first kappa shape index (κ1) is 61.5. The molecule has 2 unspecified atom stereocenters. The van der Waals surface area contributed by atoms with E-state index in [-0.39, 0.29) is 61.8 Å². The number of thiophene rings is 3. The lowest BCUT2D eigenvalue weighted by Gasteiger charge is -2.38. The summed E-state index contributed by atoms with van der Waals surface area (Å²) in [7, 11) is -2.55. The molecule has 0 saturated carbocycles. The normalized spacial score (nSPS) is 15.8. The average molecular weight is 1150 g/mol. The largest absolute Gasteiger partial charge is 0.462 e. The Labute approximate surface area is 440 Å². The first-order valence-corrected chi connectivity index (χ1v) is 30.2. The molecule has 72 heavy (non-hydrogen) atoms. The average Bonchev–Trinajstić information content (AvgIpc) is 4.16. The van der Waals surface area contributed by atoms with E-state index in [9.17, 15) is 40.8 Å². The van der Waals surface area contributed by atoms with E-state index in [1.807, 2.05) is 52.7 Å². The molecule has 2 fully saturated rings. The summed E-state index contributed by atoms with van der Waals surface area (Å²) in [5.74, 6) is -1.25. The highest BCUT2D eigenvalue weighted by molar-refractivity contribution is 8.15. The molecule has 27 heteroatoms. The number of carbonyl (C=O) groups is 5. The van der Waals surface area contributed by atoms with E-state index in [0.29, 0.717) is 36.2 Å². The van der Waals surface area contributed by atoms with Gasteiger partial charge in [-0.2, -0.15) is 12.7 Å². The van der Waals surface area contributed by atoms with Gasteiger partial charge < -0.3 is 29.3 Å². The van der Waals surface area contributed by atoms with Crippen molar-refractivity contribution in [1.29, 1.82) is 0 Å². The Kier molecular flexibility index (Phi) is 25.4. The van der Waals surface area contributed by atoms with Crippen molar-refractivity contribution < 1.29 is 68.0 Å². The number of hydrogen-bond donors (Lipinski definition) is 2. The SMILES string of the molecule is CC1CN(C(=O)c2ccccc2)CCN1.CCOC(=O)c1ccc(S(=O)(=O)Cl)s1.CCOC(=O)c1ccc(S(=O)(=O)N2CCN(C(=O)c3ccccc3)CC2C)s1.CCOC(=O)c1cccs1.O=S(=O)(O)Cl. The van der Waals surface area contributed by atoms with Crippen LogP contribution in [0.5, 0.6) is 0 Å². The molecular weight excluding hydrogens is 1100 g/mol. The Bertz CT molecular complexity index is 2860. The predicted molar refractivity (Wildman–Crippen MR) is 277 cm³/mol. The Morgan fingerprint density at radius 2 is 1.06 bits per heavy atom. The van der Waals surface area contributed by atoms with Crippen LogP contribution in [0.2, 0.25) is 0 Å². The van der Waals surface area contributed by atoms with Crippen LogP contribution in [0, 0.1) is 0 Å². The summed E-state index contributed by atoms with van der Waals surface area (Å²) in [6.45, 7) is 13.3. The number of sulfonamides is 1. The van der Waals surface area contributed by atoms with Crippen molar-refractivity contribution in [1.82, 2.24) is 19.4 Å². The van der Waals surface area contributed by atoms with Gasteiger partial charge in [-0.25, -0.2) is 31.2 Å². The van der Waals surface area contributed by atoms with Gasteiger partial charge >= 0.3 is 27.2 Å². The van der Waals surface area contributed by atoms with Crippen molar-refractivity contribution in [3.63, 3.8) is 0 Å². The van der Waals surface area contributed by atoms with E-state index in [4.69, 9.17) is 33.1 Å². The number of hydrogen-bond acceptors (Lipinski definition) is 18. The highest BCUT2D eigenvalue weighted by Crippen LogP contribution is 2.29. The van der Waals surface area contributed by atoms with Crippen molar-refractivity contribution >= 4 is 114 Å². The third-order valence-corrected chi connectivity index (χ3v) is 17.0. The fourth-order valence-corrected chi connectivity index (χ4v) is 11.9. The maximum atomic E-state index is 13.0. The number of nitrogens with zero attached hydrogens (tertiary/aromatic N) is 3. The Balaban J connectivity index is 0.000000264. The molecule has 2 N–H and O–H groups in total. The first-order chi connectivity index (χ1) is 33.9. The summed E-state index contributed by atoms with van der Waals surface area (Å²) >= 11 is 3.09. The number of benzene rings is 2. The van der Waals surface area contributed by atoms with Crippen LogP contribution in [0.4, 0.5) is 0 Å². The number of nitrogens with one attached hydrogen (secondary N) is 1. The number of halogens is 2. The lowest BCUT2D eigenvalue weighted by Crippen LogP contribution is -2.55. The van der Waals surface area contributed by atoms with Gasteiger partial charge in [0.15, 0.2) is 0 Å². The minimum atomic E-state index is -4.19. The highest BCUT2D eigenvalue weighted by Gasteiger charge is 2.36. The third-order valence-electron chi connectivity index (χ3n) is 9.47. The predicted octanol–water partition coefficient (Wildman–Crippen LogP) is 7.39. The highest BCUT2D eigenvalue weighted by atomic mass is 35.7. The fraction of sp³-hybridized carbons (Fsp3) is 0.356. The van der Waals surface area contributed by atoms with Crippen molar-refractivity contribution in [2.45, 2.75) is 55.1 Å². The maximum Gasteiger partial charge on any atom is 0.353 e. The van der Waals surface area contributed by atoms with Crippen LogP contribution in [-0.2, 0) is 42.6 Å². The number of piperazine rings is 2. The van der Waals surface area contributed by atoms with E-state index in [1.54, 1.807) is 62.9 Å². The van der Waals surface area contributed by atoms with Gasteiger partial charge in [0.05, 0.1) is 19.8 Å². The monoisotopic (exact) mass is 1150 g/mol. The minimum Gasteiger partial charge on any atom is -0.462 e. The van der Waals surface area contributed by atoms with Crippen LogP contribution in [-0.4, -0.2) is 145 Å². The van der Waals surface area contributed by atoms with Crippen molar-refractivity contribution in [3.05, 3.63) is 128 Å². The van der Waals surface area contributed by atoms with Crippen molar-refractivity contribution in [3.8, 4) is 0 Å². The van der Waals surface area contributed by atoms with E-state index in [0.717, 1.165) is 47.9 Å². The molecule has 0 spiro atoms. The molecule has 2 saturated heterocycles. The zero-order valence-corrected chi connectivity index (χ0v) is 46.0. The molecule has 2 amide bonds. The van der Waals surface area contributed by atoms with Crippen LogP contribution in [0.1, 0.15) is 84.3 Å². The van der Waals surface area contributed by atoms with Crippen LogP contribution >= 0.6 is 55.4 Å². The quantitative estimate of drug-likeness (QED) is 0.0566. The van der Waals surface area contributed by atoms with E-state index < -0.39 is 40.3 Å². The zero-order chi connectivity index (χ0) is 53.6. The molecule has 2 aliphatic heterocycles. The molecule has 3 aromatic heterocycles. The molecule has 19 nitrogen and oxygen atoms in total. The Hall–Kier alpha value is -4.80. The molecule has 5 heterocycles. The van der Waals surface area contributed by atoms with Crippen molar-refractivity contribution in [2.24, 2.45) is 0 Å². The smallest absolute Gasteiger partial charge is 0.353 e. The standard InChI is InChI=1S/C19H22N2O5S2.C12H16N2O.C7H7ClO4S2.C7H8O2S.ClHO3S/c1-3-26-19(23)16-9-10-17(27-16)28(24,25)21-12-11-20(13-14(21)2)18(22)15-7-5-4-6-8-15;1-10-9-14(8-7-13-10)12(15)11-5-3-2-4-6-11;1-2-12-7(9)5-3-4-6(13-5)14(8,10)11;1-2-9-7(8)6-4-3-5-10-6;1-5(2,3)4/h4-10,14H,3,11-13H2,1-2H3;2-6,10,13H,7-9H2,1H3;3-4H,2H2,1H3;3-5H,2H2,1H3;(H,2,3,4). The lowest BCUT2D eigenvalue weighted by molar-refractivity contribution is 0.0522. The second-order valence-corrected chi connectivity index (χ2v) is 24.8. The third kappa shape index (κ3) is 20.6. The van der Waals surface area contributed by atoms with Gasteiger partial charge in [-0.05, 0) is 94.6 Å². The van der Waals surface area contributed by atoms with Crippen LogP contribution < -0.4 is 5.32 Å². The first-order valence-electron chi connectivity index (χ1n) is 21.7. The van der Waals surface area contributed by atoms with Crippen LogP contribution in [0.25, 0.3) is 0 Å². The van der Waals surface area contributed by atoms with Gasteiger partial charge in [0, 0.05) is 83.8 Å². The number of carbonyl (C=O) groups excluding carboxylic acids is 5. The summed E-state index contributed by atoms with van der Waals surface area (Å²) in [4.78, 5) is 63.2. The van der Waals surface area contributed by atoms with Gasteiger partial charge in [0.2, 0.25) is 0 Å². The Morgan fingerprint density at radius 3 is 1.46 bits per heavy atom. The van der Waals surface area contributed by atoms with Gasteiger partial charge in [-0.1, -0.05) is 42.5 Å². The van der Waals surface area contributed by atoms with Gasteiger partial charge in [0.25, 0.3) is 30.9 Å². The summed E-state index contributed by atoms with van der Waals surface area (Å²) < 4.78 is 88.7.